The number of carbonyl (C=O) groups is 1. The smallest absolute Gasteiger partial charge is 0.264 e. The van der Waals surface area contributed by atoms with Crippen LogP contribution in [0.4, 0.5) is 11.6 Å². The molecule has 7 nitrogen and oxygen atoms in total. The largest absolute Gasteiger partial charge is 0.325 e. The third kappa shape index (κ3) is 5.17. The Bertz CT molecular complexity index is 847. The maximum Gasteiger partial charge on any atom is 0.264 e. The minimum atomic E-state index is -3.80. The molecule has 1 aromatic heterocycles. The van der Waals surface area contributed by atoms with Gasteiger partial charge in [0.25, 0.3) is 10.0 Å². The van der Waals surface area contributed by atoms with E-state index in [0.717, 1.165) is 0 Å². The van der Waals surface area contributed by atoms with Gasteiger partial charge in [-0.25, -0.2) is 23.1 Å². The van der Waals surface area contributed by atoms with Crippen molar-refractivity contribution in [2.24, 2.45) is 0 Å². The van der Waals surface area contributed by atoms with Crippen molar-refractivity contribution < 1.29 is 13.2 Å². The number of aryl methyl sites for hydroxylation is 2. The lowest BCUT2D eigenvalue weighted by molar-refractivity contribution is -0.115. The molecule has 1 atom stereocenters. The van der Waals surface area contributed by atoms with Crippen molar-refractivity contribution in [3.8, 4) is 0 Å². The van der Waals surface area contributed by atoms with Gasteiger partial charge in [-0.05, 0) is 57.4 Å². The summed E-state index contributed by atoms with van der Waals surface area (Å²) in [6.07, 6.45) is 1.85. The second-order valence-corrected chi connectivity index (χ2v) is 8.33. The van der Waals surface area contributed by atoms with Crippen molar-refractivity contribution in [2.45, 2.75) is 30.9 Å². The van der Waals surface area contributed by atoms with Crippen LogP contribution < -0.4 is 10.0 Å². The molecule has 25 heavy (non-hydrogen) atoms. The van der Waals surface area contributed by atoms with Crippen molar-refractivity contribution in [1.29, 1.82) is 0 Å². The quantitative estimate of drug-likeness (QED) is 0.799. The monoisotopic (exact) mass is 380 g/mol. The molecule has 1 amide bonds. The highest BCUT2D eigenvalue weighted by atomic mass is 32.2. The van der Waals surface area contributed by atoms with E-state index in [1.807, 2.05) is 6.26 Å². The van der Waals surface area contributed by atoms with Gasteiger partial charge in [-0.2, -0.15) is 11.8 Å². The fourth-order valence-corrected chi connectivity index (χ4v) is 3.24. The van der Waals surface area contributed by atoms with Gasteiger partial charge >= 0.3 is 0 Å². The SMILES string of the molecule is CSC(C)C(=O)Nc1ccc(S(=O)(=O)Nc2nc(C)cc(C)n2)cc1. The molecule has 2 aromatic rings. The lowest BCUT2D eigenvalue weighted by atomic mass is 10.3. The molecular formula is C16H20N4O3S2. The molecular weight excluding hydrogens is 360 g/mol. The molecule has 1 aromatic carbocycles. The maximum absolute atomic E-state index is 12.4. The molecule has 0 aliphatic heterocycles. The van der Waals surface area contributed by atoms with E-state index >= 15 is 0 Å². The Morgan fingerprint density at radius 1 is 1.12 bits per heavy atom. The van der Waals surface area contributed by atoms with Crippen LogP contribution in [-0.2, 0) is 14.8 Å². The van der Waals surface area contributed by atoms with Gasteiger partial charge in [0.15, 0.2) is 0 Å². The first-order chi connectivity index (χ1) is 11.7. The Hall–Kier alpha value is -2.13. The number of amides is 1. The zero-order chi connectivity index (χ0) is 18.6. The molecule has 0 saturated carbocycles. The summed E-state index contributed by atoms with van der Waals surface area (Å²) in [5.74, 6) is -0.103. The summed E-state index contributed by atoms with van der Waals surface area (Å²) in [6, 6.07) is 7.68. The number of nitrogens with one attached hydrogen (secondary N) is 2. The zero-order valence-electron chi connectivity index (χ0n) is 14.4. The molecule has 0 saturated heterocycles. The van der Waals surface area contributed by atoms with E-state index in [-0.39, 0.29) is 22.0 Å². The number of thioether (sulfide) groups is 1. The predicted molar refractivity (Wildman–Crippen MR) is 100 cm³/mol. The normalized spacial score (nSPS) is 12.5. The Morgan fingerprint density at radius 2 is 1.68 bits per heavy atom. The van der Waals surface area contributed by atoms with E-state index in [0.29, 0.717) is 17.1 Å². The number of sulfonamides is 1. The number of nitrogens with zero attached hydrogens (tertiary/aromatic N) is 2. The van der Waals surface area contributed by atoms with Gasteiger partial charge in [0.1, 0.15) is 0 Å². The molecule has 0 fully saturated rings. The summed E-state index contributed by atoms with van der Waals surface area (Å²) in [7, 11) is -3.80. The zero-order valence-corrected chi connectivity index (χ0v) is 16.0. The summed E-state index contributed by atoms with van der Waals surface area (Å²) < 4.78 is 27.2. The number of hydrogen-bond acceptors (Lipinski definition) is 6. The summed E-state index contributed by atoms with van der Waals surface area (Å²) in [4.78, 5) is 20.1. The topological polar surface area (TPSA) is 101 Å². The highest BCUT2D eigenvalue weighted by Gasteiger charge is 2.17. The Morgan fingerprint density at radius 3 is 2.20 bits per heavy atom. The van der Waals surface area contributed by atoms with Crippen molar-refractivity contribution in [3.63, 3.8) is 0 Å². The number of benzene rings is 1. The van der Waals surface area contributed by atoms with Crippen LogP contribution in [0, 0.1) is 13.8 Å². The molecule has 1 heterocycles. The second-order valence-electron chi connectivity index (χ2n) is 5.47. The molecule has 134 valence electrons. The van der Waals surface area contributed by atoms with Gasteiger partial charge in [-0.1, -0.05) is 0 Å². The van der Waals surface area contributed by atoms with E-state index in [1.165, 1.54) is 23.9 Å². The van der Waals surface area contributed by atoms with E-state index in [4.69, 9.17) is 0 Å². The minimum Gasteiger partial charge on any atom is -0.325 e. The fourth-order valence-electron chi connectivity index (χ4n) is 2.02. The van der Waals surface area contributed by atoms with Crippen molar-refractivity contribution in [1.82, 2.24) is 9.97 Å². The molecule has 0 radical (unpaired) electrons. The number of anilines is 2. The predicted octanol–water partition coefficient (Wildman–Crippen LogP) is 2.58. The molecule has 2 N–H and O–H groups in total. The Labute approximate surface area is 151 Å². The average Bonchev–Trinajstić information content (AvgIpc) is 2.53. The fraction of sp³-hybridized carbons (Fsp3) is 0.312. The standard InChI is InChI=1S/C16H20N4O3S2/c1-10-9-11(2)18-16(17-10)20-25(22,23)14-7-5-13(6-8-14)19-15(21)12(3)24-4/h5-9,12H,1-4H3,(H,19,21)(H,17,18,20). The molecule has 9 heteroatoms. The molecule has 2 rings (SSSR count). The highest BCUT2D eigenvalue weighted by Crippen LogP contribution is 2.18. The van der Waals surface area contributed by atoms with Crippen LogP contribution in [0.15, 0.2) is 35.2 Å². The number of carbonyl (C=O) groups excluding carboxylic acids is 1. The van der Waals surface area contributed by atoms with Crippen LogP contribution in [-0.4, -0.2) is 35.8 Å². The lowest BCUT2D eigenvalue weighted by Gasteiger charge is -2.11. The van der Waals surface area contributed by atoms with E-state index < -0.39 is 10.0 Å². The minimum absolute atomic E-state index is 0.0312. The van der Waals surface area contributed by atoms with Crippen LogP contribution in [0.3, 0.4) is 0 Å². The Kier molecular flexibility index (Phi) is 6.02. The van der Waals surface area contributed by atoms with Gasteiger partial charge in [0.2, 0.25) is 11.9 Å². The second kappa shape index (κ2) is 7.83. The van der Waals surface area contributed by atoms with Crippen molar-refractivity contribution in [3.05, 3.63) is 41.7 Å². The van der Waals surface area contributed by atoms with Gasteiger partial charge < -0.3 is 5.32 Å². The first-order valence-electron chi connectivity index (χ1n) is 7.50. The highest BCUT2D eigenvalue weighted by molar-refractivity contribution is 7.99. The van der Waals surface area contributed by atoms with E-state index in [1.54, 1.807) is 39.0 Å². The molecule has 0 aliphatic carbocycles. The summed E-state index contributed by atoms with van der Waals surface area (Å²) in [6.45, 7) is 5.33. The number of hydrogen-bond donors (Lipinski definition) is 2. The van der Waals surface area contributed by atoms with Crippen LogP contribution in [0.25, 0.3) is 0 Å². The summed E-state index contributed by atoms with van der Waals surface area (Å²) >= 11 is 1.43. The van der Waals surface area contributed by atoms with Gasteiger partial charge in [0.05, 0.1) is 10.1 Å². The first-order valence-corrected chi connectivity index (χ1v) is 10.3. The Balaban J connectivity index is 2.16. The van der Waals surface area contributed by atoms with Crippen molar-refractivity contribution >= 4 is 39.3 Å². The third-order valence-corrected chi connectivity index (χ3v) is 5.63. The van der Waals surface area contributed by atoms with E-state index in [9.17, 15) is 13.2 Å². The average molecular weight is 380 g/mol. The van der Waals surface area contributed by atoms with Gasteiger partial charge in [0, 0.05) is 17.1 Å². The molecule has 1 unspecified atom stereocenters. The van der Waals surface area contributed by atoms with Gasteiger partial charge in [-0.3, -0.25) is 4.79 Å². The first kappa shape index (κ1) is 19.2. The molecule has 0 bridgehead atoms. The van der Waals surface area contributed by atoms with Crippen LogP contribution in [0.2, 0.25) is 0 Å². The number of aromatic nitrogens is 2. The molecule has 0 aliphatic rings. The van der Waals surface area contributed by atoms with Crippen LogP contribution in [0.5, 0.6) is 0 Å². The van der Waals surface area contributed by atoms with Gasteiger partial charge in [-0.15, -0.1) is 0 Å². The maximum atomic E-state index is 12.4. The molecule has 0 spiro atoms. The lowest BCUT2D eigenvalue weighted by Crippen LogP contribution is -2.22. The summed E-state index contributed by atoms with van der Waals surface area (Å²) in [5, 5.41) is 2.55. The van der Waals surface area contributed by atoms with Crippen LogP contribution >= 0.6 is 11.8 Å². The van der Waals surface area contributed by atoms with Crippen molar-refractivity contribution in [2.75, 3.05) is 16.3 Å². The number of rotatable bonds is 6. The van der Waals surface area contributed by atoms with Crippen LogP contribution in [0.1, 0.15) is 18.3 Å². The summed E-state index contributed by atoms with van der Waals surface area (Å²) in [5.41, 5.74) is 1.88. The van der Waals surface area contributed by atoms with E-state index in [2.05, 4.69) is 20.0 Å². The third-order valence-electron chi connectivity index (χ3n) is 3.36.